The molecule has 2 heterocycles. The molecule has 6 heteroatoms. The number of hydrogen-bond donors (Lipinski definition) is 1. The van der Waals surface area contributed by atoms with Crippen LogP contribution in [0.25, 0.3) is 0 Å². The van der Waals surface area contributed by atoms with E-state index < -0.39 is 6.10 Å². The number of carbonyl (C=O) groups is 1. The lowest BCUT2D eigenvalue weighted by Gasteiger charge is -2.20. The fourth-order valence-electron chi connectivity index (χ4n) is 2.39. The third-order valence-corrected chi connectivity index (χ3v) is 4.37. The van der Waals surface area contributed by atoms with Crippen LogP contribution in [0, 0.1) is 0 Å². The lowest BCUT2D eigenvalue weighted by Crippen LogP contribution is -2.39. The van der Waals surface area contributed by atoms with Crippen molar-refractivity contribution >= 4 is 17.2 Å². The molecule has 0 radical (unpaired) electrons. The molecule has 0 aliphatic heterocycles. The van der Waals surface area contributed by atoms with Crippen molar-refractivity contribution in [2.24, 2.45) is 0 Å². The maximum Gasteiger partial charge on any atom is 0.260 e. The number of aromatic nitrogens is 2. The molecule has 0 bridgehead atoms. The van der Waals surface area contributed by atoms with E-state index in [0.29, 0.717) is 12.3 Å². The number of rotatable bonds is 7. The molecule has 0 spiro atoms. The van der Waals surface area contributed by atoms with Crippen molar-refractivity contribution in [3.63, 3.8) is 0 Å². The Morgan fingerprint density at radius 2 is 2.12 bits per heavy atom. The van der Waals surface area contributed by atoms with Crippen LogP contribution in [-0.4, -0.2) is 28.3 Å². The number of benzene rings is 1. The molecule has 24 heavy (non-hydrogen) atoms. The van der Waals surface area contributed by atoms with Crippen molar-refractivity contribution in [2.75, 3.05) is 6.54 Å². The summed E-state index contributed by atoms with van der Waals surface area (Å²) in [4.78, 5) is 12.3. The van der Waals surface area contributed by atoms with Crippen LogP contribution in [0.4, 0.5) is 0 Å². The summed E-state index contributed by atoms with van der Waals surface area (Å²) in [5.41, 5.74) is 1.13. The van der Waals surface area contributed by atoms with Crippen LogP contribution >= 0.6 is 11.3 Å². The average molecular weight is 341 g/mol. The fraction of sp³-hybridized carbons (Fsp3) is 0.222. The number of nitrogens with zero attached hydrogens (tertiary/aromatic N) is 2. The second-order valence-corrected chi connectivity index (χ2v) is 6.16. The molecule has 3 rings (SSSR count). The van der Waals surface area contributed by atoms with E-state index in [9.17, 15) is 4.79 Å². The highest BCUT2D eigenvalue weighted by molar-refractivity contribution is 7.07. The van der Waals surface area contributed by atoms with Gasteiger partial charge in [0.25, 0.3) is 5.91 Å². The first-order valence-electron chi connectivity index (χ1n) is 7.74. The number of carbonyl (C=O) groups excluding carboxylic acids is 1. The number of thiophene rings is 1. The molecule has 0 saturated carbocycles. The Bertz CT molecular complexity index is 708. The Hall–Kier alpha value is -2.60. The van der Waals surface area contributed by atoms with Crippen LogP contribution in [0.3, 0.4) is 0 Å². The van der Waals surface area contributed by atoms with Gasteiger partial charge in [-0.3, -0.25) is 9.48 Å². The van der Waals surface area contributed by atoms with Gasteiger partial charge < -0.3 is 10.1 Å². The minimum atomic E-state index is -0.562. The van der Waals surface area contributed by atoms with Gasteiger partial charge in [-0.25, -0.2) is 0 Å². The van der Waals surface area contributed by atoms with Crippen LogP contribution in [0.15, 0.2) is 65.6 Å². The summed E-state index contributed by atoms with van der Waals surface area (Å²) >= 11 is 1.63. The second kappa shape index (κ2) is 7.79. The van der Waals surface area contributed by atoms with Gasteiger partial charge in [0.05, 0.1) is 6.04 Å². The molecule has 0 fully saturated rings. The number of nitrogens with one attached hydrogen (secondary N) is 1. The van der Waals surface area contributed by atoms with E-state index >= 15 is 0 Å². The monoisotopic (exact) mass is 341 g/mol. The summed E-state index contributed by atoms with van der Waals surface area (Å²) in [6, 6.07) is 13.2. The Balaban J connectivity index is 1.61. The quantitative estimate of drug-likeness (QED) is 0.718. The van der Waals surface area contributed by atoms with Gasteiger partial charge in [0.1, 0.15) is 5.75 Å². The van der Waals surface area contributed by atoms with Gasteiger partial charge in [0, 0.05) is 18.9 Å². The minimum Gasteiger partial charge on any atom is -0.481 e. The molecule has 0 aliphatic carbocycles. The van der Waals surface area contributed by atoms with Crippen LogP contribution in [0.1, 0.15) is 18.5 Å². The van der Waals surface area contributed by atoms with Crippen molar-refractivity contribution in [1.29, 1.82) is 0 Å². The topological polar surface area (TPSA) is 56.1 Å². The Kier molecular flexibility index (Phi) is 5.28. The summed E-state index contributed by atoms with van der Waals surface area (Å²) < 4.78 is 7.51. The Morgan fingerprint density at radius 1 is 1.29 bits per heavy atom. The molecule has 0 unspecified atom stereocenters. The highest BCUT2D eigenvalue weighted by Crippen LogP contribution is 2.19. The van der Waals surface area contributed by atoms with E-state index in [1.54, 1.807) is 24.5 Å². The summed E-state index contributed by atoms with van der Waals surface area (Å²) in [7, 11) is 0. The normalized spacial score (nSPS) is 13.2. The molecule has 3 aromatic rings. The molecule has 1 aromatic carbocycles. The van der Waals surface area contributed by atoms with E-state index in [4.69, 9.17) is 4.74 Å². The number of amides is 1. The number of hydrogen-bond acceptors (Lipinski definition) is 4. The first-order chi connectivity index (χ1) is 11.7. The van der Waals surface area contributed by atoms with E-state index in [1.807, 2.05) is 58.7 Å². The molecule has 2 atom stereocenters. The van der Waals surface area contributed by atoms with Gasteiger partial charge in [-0.2, -0.15) is 16.4 Å². The zero-order chi connectivity index (χ0) is 16.8. The van der Waals surface area contributed by atoms with Crippen molar-refractivity contribution in [1.82, 2.24) is 15.1 Å². The Labute approximate surface area is 144 Å². The summed E-state index contributed by atoms with van der Waals surface area (Å²) in [5, 5.41) is 11.4. The molecule has 2 aromatic heterocycles. The van der Waals surface area contributed by atoms with Gasteiger partial charge in [-0.1, -0.05) is 18.2 Å². The van der Waals surface area contributed by atoms with E-state index in [1.165, 1.54) is 0 Å². The highest BCUT2D eigenvalue weighted by Gasteiger charge is 2.19. The molecule has 1 amide bonds. The van der Waals surface area contributed by atoms with E-state index in [-0.39, 0.29) is 11.9 Å². The Morgan fingerprint density at radius 3 is 2.79 bits per heavy atom. The zero-order valence-corrected chi connectivity index (χ0v) is 14.1. The van der Waals surface area contributed by atoms with E-state index in [2.05, 4.69) is 15.8 Å². The molecule has 5 nitrogen and oxygen atoms in total. The lowest BCUT2D eigenvalue weighted by atomic mass is 10.1. The van der Waals surface area contributed by atoms with Crippen LogP contribution in [-0.2, 0) is 4.79 Å². The van der Waals surface area contributed by atoms with Crippen molar-refractivity contribution in [3.8, 4) is 5.75 Å². The van der Waals surface area contributed by atoms with Crippen LogP contribution in [0.2, 0.25) is 0 Å². The SMILES string of the molecule is C[C@@H](Oc1ccccc1)C(=O)NC[C@@H](c1ccsc1)n1cccn1. The highest BCUT2D eigenvalue weighted by atomic mass is 32.1. The van der Waals surface area contributed by atoms with Gasteiger partial charge in [0.2, 0.25) is 0 Å². The van der Waals surface area contributed by atoms with Crippen molar-refractivity contribution in [2.45, 2.75) is 19.1 Å². The van der Waals surface area contributed by atoms with Crippen LogP contribution in [0.5, 0.6) is 5.75 Å². The first kappa shape index (κ1) is 16.3. The van der Waals surface area contributed by atoms with Gasteiger partial charge >= 0.3 is 0 Å². The number of para-hydroxylation sites is 1. The molecule has 0 aliphatic rings. The molecule has 124 valence electrons. The van der Waals surface area contributed by atoms with E-state index in [0.717, 1.165) is 5.56 Å². The average Bonchev–Trinajstić information content (AvgIpc) is 3.30. The standard InChI is InChI=1S/C18H19N3O2S/c1-14(23-16-6-3-2-4-7-16)18(22)19-12-17(15-8-11-24-13-15)21-10-5-9-20-21/h2-11,13-14,17H,12H2,1H3,(H,19,22)/t14-,17+/m1/s1. The predicted molar refractivity (Wildman–Crippen MR) is 94.2 cm³/mol. The third-order valence-electron chi connectivity index (χ3n) is 3.67. The minimum absolute atomic E-state index is 0.0286. The van der Waals surface area contributed by atoms with Gasteiger partial charge in [-0.15, -0.1) is 0 Å². The van der Waals surface area contributed by atoms with Crippen molar-refractivity contribution < 1.29 is 9.53 Å². The summed E-state index contributed by atoms with van der Waals surface area (Å²) in [5.74, 6) is 0.535. The molecule has 0 saturated heterocycles. The maximum absolute atomic E-state index is 12.3. The summed E-state index contributed by atoms with van der Waals surface area (Å²) in [6.45, 7) is 2.20. The number of ether oxygens (including phenoxy) is 1. The first-order valence-corrected chi connectivity index (χ1v) is 8.69. The van der Waals surface area contributed by atoms with Crippen molar-refractivity contribution in [3.05, 3.63) is 71.2 Å². The molecule has 1 N–H and O–H groups in total. The largest absolute Gasteiger partial charge is 0.481 e. The fourth-order valence-corrected chi connectivity index (χ4v) is 3.10. The maximum atomic E-state index is 12.3. The van der Waals surface area contributed by atoms with Crippen LogP contribution < -0.4 is 10.1 Å². The smallest absolute Gasteiger partial charge is 0.260 e. The second-order valence-electron chi connectivity index (χ2n) is 5.38. The third kappa shape index (κ3) is 4.02. The molecular weight excluding hydrogens is 322 g/mol. The van der Waals surface area contributed by atoms with Gasteiger partial charge in [-0.05, 0) is 47.5 Å². The lowest BCUT2D eigenvalue weighted by molar-refractivity contribution is -0.127. The predicted octanol–water partition coefficient (Wildman–Crippen LogP) is 3.12. The van der Waals surface area contributed by atoms with Gasteiger partial charge in [0.15, 0.2) is 6.10 Å². The summed E-state index contributed by atoms with van der Waals surface area (Å²) in [6.07, 6.45) is 3.08. The zero-order valence-electron chi connectivity index (χ0n) is 13.3. The molecular formula is C18H19N3O2S.